The van der Waals surface area contributed by atoms with Gasteiger partial charge in [0.15, 0.2) is 0 Å². The van der Waals surface area contributed by atoms with Crippen molar-refractivity contribution in [3.05, 3.63) is 47.5 Å². The fourth-order valence-electron chi connectivity index (χ4n) is 3.02. The minimum atomic E-state index is -0.270. The standard InChI is InChI=1S/C17H21N5O2/c1-10-14(9-20-17(18)21-10)16(24)22-15(12-7-13(23)8-12)6-11-2-4-19-5-3-11/h2-5,9,12-13,15,23H,6-8H2,1H3,(H,22,24)(H2,18,20,21)/t12?,13?,15-/m0/s1. The maximum atomic E-state index is 12.6. The summed E-state index contributed by atoms with van der Waals surface area (Å²) in [5, 5.41) is 12.7. The molecule has 0 spiro atoms. The summed E-state index contributed by atoms with van der Waals surface area (Å²) in [5.74, 6) is 0.194. The smallest absolute Gasteiger partial charge is 0.254 e. The molecule has 1 aliphatic carbocycles. The van der Waals surface area contributed by atoms with Crippen LogP contribution in [0.25, 0.3) is 0 Å². The van der Waals surface area contributed by atoms with Crippen LogP contribution in [0.2, 0.25) is 0 Å². The van der Waals surface area contributed by atoms with Gasteiger partial charge in [0.05, 0.1) is 17.4 Å². The van der Waals surface area contributed by atoms with Gasteiger partial charge >= 0.3 is 0 Å². The number of amides is 1. The van der Waals surface area contributed by atoms with Gasteiger partial charge in [-0.2, -0.15) is 0 Å². The molecule has 0 aromatic carbocycles. The first-order valence-corrected chi connectivity index (χ1v) is 8.00. The number of carbonyl (C=O) groups excluding carboxylic acids is 1. The fourth-order valence-corrected chi connectivity index (χ4v) is 3.02. The van der Waals surface area contributed by atoms with Crippen molar-refractivity contribution in [3.8, 4) is 0 Å². The van der Waals surface area contributed by atoms with Crippen molar-refractivity contribution < 1.29 is 9.90 Å². The summed E-state index contributed by atoms with van der Waals surface area (Å²) in [4.78, 5) is 24.5. The predicted molar refractivity (Wildman–Crippen MR) is 89.1 cm³/mol. The van der Waals surface area contributed by atoms with Gasteiger partial charge in [-0.05, 0) is 49.8 Å². The van der Waals surface area contributed by atoms with Crippen LogP contribution in [0.1, 0.15) is 34.5 Å². The average molecular weight is 327 g/mol. The lowest BCUT2D eigenvalue weighted by Gasteiger charge is -2.38. The van der Waals surface area contributed by atoms with E-state index in [-0.39, 0.29) is 29.9 Å². The van der Waals surface area contributed by atoms with Gasteiger partial charge in [0.1, 0.15) is 0 Å². The Morgan fingerprint density at radius 2 is 2.12 bits per heavy atom. The van der Waals surface area contributed by atoms with Crippen LogP contribution in [0.15, 0.2) is 30.7 Å². The highest BCUT2D eigenvalue weighted by Crippen LogP contribution is 2.32. The number of aliphatic hydroxyl groups is 1. The predicted octanol–water partition coefficient (Wildman–Crippen LogP) is 0.874. The number of aryl methyl sites for hydroxylation is 1. The van der Waals surface area contributed by atoms with Crippen LogP contribution in [0.3, 0.4) is 0 Å². The monoisotopic (exact) mass is 327 g/mol. The third kappa shape index (κ3) is 3.68. The van der Waals surface area contributed by atoms with Crippen molar-refractivity contribution in [2.75, 3.05) is 5.73 Å². The summed E-state index contributed by atoms with van der Waals surface area (Å²) in [6.07, 6.45) is 6.75. The Labute approximate surface area is 140 Å². The van der Waals surface area contributed by atoms with Crippen molar-refractivity contribution >= 4 is 11.9 Å². The molecule has 1 aliphatic rings. The lowest BCUT2D eigenvalue weighted by molar-refractivity contribution is 0.0239. The summed E-state index contributed by atoms with van der Waals surface area (Å²) < 4.78 is 0. The van der Waals surface area contributed by atoms with E-state index in [1.807, 2.05) is 12.1 Å². The molecule has 4 N–H and O–H groups in total. The van der Waals surface area contributed by atoms with Crippen LogP contribution >= 0.6 is 0 Å². The zero-order chi connectivity index (χ0) is 17.1. The van der Waals surface area contributed by atoms with Crippen molar-refractivity contribution in [2.45, 2.75) is 38.3 Å². The van der Waals surface area contributed by atoms with E-state index in [9.17, 15) is 9.90 Å². The SMILES string of the molecule is Cc1nc(N)ncc1C(=O)N[C@@H](Cc1ccncc1)C1CC(O)C1. The number of rotatable bonds is 5. The highest BCUT2D eigenvalue weighted by molar-refractivity contribution is 5.95. The Morgan fingerprint density at radius 1 is 1.42 bits per heavy atom. The second-order valence-corrected chi connectivity index (χ2v) is 6.25. The molecular formula is C17H21N5O2. The van der Waals surface area contributed by atoms with E-state index in [0.717, 1.165) is 5.56 Å². The molecule has 3 rings (SSSR count). The number of nitrogens with zero attached hydrogens (tertiary/aromatic N) is 3. The lowest BCUT2D eigenvalue weighted by atomic mass is 9.75. The molecule has 7 heteroatoms. The van der Waals surface area contributed by atoms with Crippen LogP contribution in [0, 0.1) is 12.8 Å². The molecule has 24 heavy (non-hydrogen) atoms. The van der Waals surface area contributed by atoms with Gasteiger partial charge in [-0.15, -0.1) is 0 Å². The summed E-state index contributed by atoms with van der Waals surface area (Å²) in [5.41, 5.74) is 7.61. The molecule has 0 radical (unpaired) electrons. The molecule has 1 atom stereocenters. The zero-order valence-electron chi connectivity index (χ0n) is 13.5. The molecule has 0 bridgehead atoms. The summed E-state index contributed by atoms with van der Waals surface area (Å²) in [7, 11) is 0. The Morgan fingerprint density at radius 3 is 2.75 bits per heavy atom. The van der Waals surface area contributed by atoms with Gasteiger partial charge in [0.25, 0.3) is 5.91 Å². The van der Waals surface area contributed by atoms with E-state index in [1.165, 1.54) is 6.20 Å². The lowest BCUT2D eigenvalue weighted by Crippen LogP contribution is -2.48. The molecule has 0 aliphatic heterocycles. The van der Waals surface area contributed by atoms with E-state index in [0.29, 0.717) is 30.5 Å². The molecule has 0 saturated heterocycles. The summed E-state index contributed by atoms with van der Waals surface area (Å²) in [6.45, 7) is 1.73. The van der Waals surface area contributed by atoms with Crippen molar-refractivity contribution in [3.63, 3.8) is 0 Å². The molecule has 0 unspecified atom stereocenters. The maximum Gasteiger partial charge on any atom is 0.254 e. The zero-order valence-corrected chi connectivity index (χ0v) is 13.5. The second-order valence-electron chi connectivity index (χ2n) is 6.25. The molecule has 2 aromatic rings. The number of aromatic nitrogens is 3. The number of hydrogen-bond acceptors (Lipinski definition) is 6. The van der Waals surface area contributed by atoms with E-state index in [1.54, 1.807) is 19.3 Å². The summed E-state index contributed by atoms with van der Waals surface area (Å²) in [6, 6.07) is 3.82. The number of nitrogens with two attached hydrogens (primary N) is 1. The molecule has 1 fully saturated rings. The topological polar surface area (TPSA) is 114 Å². The van der Waals surface area contributed by atoms with Gasteiger partial charge in [-0.3, -0.25) is 9.78 Å². The van der Waals surface area contributed by atoms with E-state index >= 15 is 0 Å². The molecule has 7 nitrogen and oxygen atoms in total. The van der Waals surface area contributed by atoms with E-state index < -0.39 is 0 Å². The second kappa shape index (κ2) is 6.92. The minimum absolute atomic E-state index is 0.0553. The average Bonchev–Trinajstić information content (AvgIpc) is 2.52. The van der Waals surface area contributed by atoms with Crippen LogP contribution in [0.5, 0.6) is 0 Å². The molecule has 126 valence electrons. The largest absolute Gasteiger partial charge is 0.393 e. The third-order valence-electron chi connectivity index (χ3n) is 4.48. The van der Waals surface area contributed by atoms with Gasteiger partial charge in [0.2, 0.25) is 5.95 Å². The van der Waals surface area contributed by atoms with Crippen molar-refractivity contribution in [2.24, 2.45) is 5.92 Å². The maximum absolute atomic E-state index is 12.6. The van der Waals surface area contributed by atoms with Crippen LogP contribution in [-0.4, -0.2) is 38.1 Å². The van der Waals surface area contributed by atoms with Crippen LogP contribution in [-0.2, 0) is 6.42 Å². The Hall–Kier alpha value is -2.54. The van der Waals surface area contributed by atoms with Crippen LogP contribution < -0.4 is 11.1 Å². The van der Waals surface area contributed by atoms with Gasteiger partial charge < -0.3 is 16.2 Å². The molecule has 1 amide bonds. The Kier molecular flexibility index (Phi) is 4.71. The first kappa shape index (κ1) is 16.3. The molecular weight excluding hydrogens is 306 g/mol. The van der Waals surface area contributed by atoms with E-state index in [4.69, 9.17) is 5.73 Å². The van der Waals surface area contributed by atoms with Gasteiger partial charge in [-0.25, -0.2) is 9.97 Å². The first-order chi connectivity index (χ1) is 11.5. The molecule has 2 heterocycles. The third-order valence-corrected chi connectivity index (χ3v) is 4.48. The molecule has 2 aromatic heterocycles. The first-order valence-electron chi connectivity index (χ1n) is 8.00. The Balaban J connectivity index is 1.74. The number of nitrogen functional groups attached to an aromatic ring is 1. The summed E-state index contributed by atoms with van der Waals surface area (Å²) >= 11 is 0. The fraction of sp³-hybridized carbons (Fsp3) is 0.412. The number of pyridine rings is 1. The highest BCUT2D eigenvalue weighted by atomic mass is 16.3. The number of carbonyl (C=O) groups is 1. The number of nitrogens with one attached hydrogen (secondary N) is 1. The highest BCUT2D eigenvalue weighted by Gasteiger charge is 2.35. The minimum Gasteiger partial charge on any atom is -0.393 e. The normalized spacial score (nSPS) is 20.9. The van der Waals surface area contributed by atoms with E-state index in [2.05, 4.69) is 20.3 Å². The van der Waals surface area contributed by atoms with Crippen molar-refractivity contribution in [1.82, 2.24) is 20.3 Å². The van der Waals surface area contributed by atoms with Crippen molar-refractivity contribution in [1.29, 1.82) is 0 Å². The van der Waals surface area contributed by atoms with Gasteiger partial charge in [0, 0.05) is 24.6 Å². The molecule has 1 saturated carbocycles. The number of anilines is 1. The van der Waals surface area contributed by atoms with Crippen LogP contribution in [0.4, 0.5) is 5.95 Å². The quantitative estimate of drug-likeness (QED) is 0.751. The number of aliphatic hydroxyl groups excluding tert-OH is 1. The number of hydrogen-bond donors (Lipinski definition) is 3. The van der Waals surface area contributed by atoms with Gasteiger partial charge in [-0.1, -0.05) is 0 Å². The Bertz CT molecular complexity index is 716.